The van der Waals surface area contributed by atoms with Crippen molar-refractivity contribution >= 4 is 5.91 Å². The largest absolute Gasteiger partial charge is 0.416 e. The molecule has 6 heteroatoms. The molecule has 0 spiro atoms. The Labute approximate surface area is 138 Å². The van der Waals surface area contributed by atoms with Gasteiger partial charge in [-0.15, -0.1) is 0 Å². The SMILES string of the molecule is Cc1cccc(C(=O)N(Cc2ccc(C(F)(F)F)cc2)C2CC2)n1. The van der Waals surface area contributed by atoms with Crippen molar-refractivity contribution in [1.29, 1.82) is 0 Å². The van der Waals surface area contributed by atoms with Crippen molar-refractivity contribution in [2.75, 3.05) is 0 Å². The number of carbonyl (C=O) groups excluding carboxylic acids is 1. The fourth-order valence-corrected chi connectivity index (χ4v) is 2.56. The summed E-state index contributed by atoms with van der Waals surface area (Å²) >= 11 is 0. The van der Waals surface area contributed by atoms with Crippen molar-refractivity contribution in [3.05, 3.63) is 65.0 Å². The molecule has 1 aromatic carbocycles. The minimum atomic E-state index is -4.35. The molecule has 1 saturated carbocycles. The molecular formula is C18H17F3N2O. The zero-order valence-electron chi connectivity index (χ0n) is 13.2. The number of amides is 1. The zero-order valence-corrected chi connectivity index (χ0v) is 13.2. The first-order chi connectivity index (χ1) is 11.3. The highest BCUT2D eigenvalue weighted by Gasteiger charge is 2.34. The number of benzene rings is 1. The van der Waals surface area contributed by atoms with Crippen LogP contribution in [0.5, 0.6) is 0 Å². The summed E-state index contributed by atoms with van der Waals surface area (Å²) in [4.78, 5) is 18.6. The quantitative estimate of drug-likeness (QED) is 0.839. The van der Waals surface area contributed by atoms with Crippen LogP contribution in [-0.2, 0) is 12.7 Å². The van der Waals surface area contributed by atoms with Crippen molar-refractivity contribution in [3.8, 4) is 0 Å². The molecule has 1 fully saturated rings. The van der Waals surface area contributed by atoms with E-state index in [4.69, 9.17) is 0 Å². The van der Waals surface area contributed by atoms with Crippen LogP contribution in [0.15, 0.2) is 42.5 Å². The molecule has 1 aliphatic carbocycles. The van der Waals surface area contributed by atoms with E-state index in [0.29, 0.717) is 11.3 Å². The van der Waals surface area contributed by atoms with Crippen molar-refractivity contribution < 1.29 is 18.0 Å². The van der Waals surface area contributed by atoms with Crippen LogP contribution in [0, 0.1) is 6.92 Å². The maximum atomic E-state index is 12.7. The van der Waals surface area contributed by atoms with Crippen LogP contribution in [0.4, 0.5) is 13.2 Å². The first-order valence-corrected chi connectivity index (χ1v) is 7.75. The molecule has 0 radical (unpaired) electrons. The molecule has 1 heterocycles. The standard InChI is InChI=1S/C18H17F3N2O/c1-12-3-2-4-16(22-12)17(24)23(15-9-10-15)11-13-5-7-14(8-6-13)18(19,20)21/h2-8,15H,9-11H2,1H3. The monoisotopic (exact) mass is 334 g/mol. The Bertz CT molecular complexity index is 737. The molecule has 0 N–H and O–H groups in total. The van der Waals surface area contributed by atoms with E-state index < -0.39 is 11.7 Å². The number of carbonyl (C=O) groups is 1. The molecule has 1 aromatic heterocycles. The van der Waals surface area contributed by atoms with Gasteiger partial charge in [0.05, 0.1) is 5.56 Å². The Morgan fingerprint density at radius 3 is 2.38 bits per heavy atom. The van der Waals surface area contributed by atoms with Crippen LogP contribution in [-0.4, -0.2) is 21.8 Å². The van der Waals surface area contributed by atoms with Crippen molar-refractivity contribution in [1.82, 2.24) is 9.88 Å². The minimum absolute atomic E-state index is 0.141. The summed E-state index contributed by atoms with van der Waals surface area (Å²) in [6.45, 7) is 2.10. The molecule has 0 atom stereocenters. The van der Waals surface area contributed by atoms with Crippen LogP contribution in [0.1, 0.15) is 40.2 Å². The first kappa shape index (κ1) is 16.5. The predicted molar refractivity (Wildman–Crippen MR) is 83.3 cm³/mol. The molecule has 126 valence electrons. The summed E-state index contributed by atoms with van der Waals surface area (Å²) in [6, 6.07) is 10.3. The van der Waals surface area contributed by atoms with Gasteiger partial charge in [-0.1, -0.05) is 18.2 Å². The minimum Gasteiger partial charge on any atom is -0.330 e. The summed E-state index contributed by atoms with van der Waals surface area (Å²) < 4.78 is 37.9. The summed E-state index contributed by atoms with van der Waals surface area (Å²) in [6.07, 6.45) is -2.52. The van der Waals surface area contributed by atoms with Gasteiger partial charge in [0.1, 0.15) is 5.69 Å². The highest BCUT2D eigenvalue weighted by molar-refractivity contribution is 5.92. The summed E-state index contributed by atoms with van der Waals surface area (Å²) in [5, 5.41) is 0. The lowest BCUT2D eigenvalue weighted by molar-refractivity contribution is -0.137. The van der Waals surface area contributed by atoms with E-state index in [-0.39, 0.29) is 18.5 Å². The third kappa shape index (κ3) is 3.75. The van der Waals surface area contributed by atoms with Gasteiger partial charge in [-0.3, -0.25) is 4.79 Å². The smallest absolute Gasteiger partial charge is 0.330 e. The molecule has 3 nitrogen and oxygen atoms in total. The van der Waals surface area contributed by atoms with Gasteiger partial charge in [-0.05, 0) is 49.6 Å². The highest BCUT2D eigenvalue weighted by atomic mass is 19.4. The summed E-state index contributed by atoms with van der Waals surface area (Å²) in [5.41, 5.74) is 1.12. The number of nitrogens with zero attached hydrogens (tertiary/aromatic N) is 2. The van der Waals surface area contributed by atoms with Gasteiger partial charge in [0, 0.05) is 18.3 Å². The second kappa shape index (κ2) is 6.26. The molecule has 0 saturated heterocycles. The Morgan fingerprint density at radius 1 is 1.17 bits per heavy atom. The van der Waals surface area contributed by atoms with Crippen LogP contribution in [0.3, 0.4) is 0 Å². The van der Waals surface area contributed by atoms with Gasteiger partial charge in [0.2, 0.25) is 0 Å². The van der Waals surface area contributed by atoms with Crippen LogP contribution in [0.25, 0.3) is 0 Å². The predicted octanol–water partition coefficient (Wildman–Crippen LogP) is 4.21. The third-order valence-electron chi connectivity index (χ3n) is 3.99. The molecule has 0 aliphatic heterocycles. The van der Waals surface area contributed by atoms with Crippen LogP contribution < -0.4 is 0 Å². The van der Waals surface area contributed by atoms with Gasteiger partial charge < -0.3 is 4.90 Å². The fourth-order valence-electron chi connectivity index (χ4n) is 2.56. The number of aromatic nitrogens is 1. The highest BCUT2D eigenvalue weighted by Crippen LogP contribution is 2.31. The van der Waals surface area contributed by atoms with Gasteiger partial charge in [0.25, 0.3) is 5.91 Å². The van der Waals surface area contributed by atoms with Crippen molar-refractivity contribution in [2.24, 2.45) is 0 Å². The van der Waals surface area contributed by atoms with E-state index in [2.05, 4.69) is 4.98 Å². The molecular weight excluding hydrogens is 317 g/mol. The van der Waals surface area contributed by atoms with Gasteiger partial charge in [0.15, 0.2) is 0 Å². The third-order valence-corrected chi connectivity index (χ3v) is 3.99. The number of rotatable bonds is 4. The molecule has 1 amide bonds. The Kier molecular flexibility index (Phi) is 4.30. The zero-order chi connectivity index (χ0) is 17.3. The normalized spacial score (nSPS) is 14.5. The first-order valence-electron chi connectivity index (χ1n) is 7.75. The van der Waals surface area contributed by atoms with E-state index in [9.17, 15) is 18.0 Å². The number of aryl methyl sites for hydroxylation is 1. The Balaban J connectivity index is 1.78. The van der Waals surface area contributed by atoms with Crippen molar-refractivity contribution in [3.63, 3.8) is 0 Å². The van der Waals surface area contributed by atoms with E-state index in [1.807, 2.05) is 13.0 Å². The molecule has 0 bridgehead atoms. The second-order valence-electron chi connectivity index (χ2n) is 6.02. The van der Waals surface area contributed by atoms with E-state index >= 15 is 0 Å². The molecule has 24 heavy (non-hydrogen) atoms. The van der Waals surface area contributed by atoms with Gasteiger partial charge in [-0.2, -0.15) is 13.2 Å². The molecule has 2 aromatic rings. The molecule has 0 unspecified atom stereocenters. The number of hydrogen-bond donors (Lipinski definition) is 0. The number of halogens is 3. The van der Waals surface area contributed by atoms with E-state index in [0.717, 1.165) is 30.7 Å². The lowest BCUT2D eigenvalue weighted by atomic mass is 10.1. The van der Waals surface area contributed by atoms with E-state index in [1.54, 1.807) is 17.0 Å². The average Bonchev–Trinajstić information content (AvgIpc) is 3.36. The topological polar surface area (TPSA) is 33.2 Å². The number of alkyl halides is 3. The lowest BCUT2D eigenvalue weighted by Crippen LogP contribution is -2.33. The van der Waals surface area contributed by atoms with E-state index in [1.165, 1.54) is 12.1 Å². The maximum Gasteiger partial charge on any atom is 0.416 e. The second-order valence-corrected chi connectivity index (χ2v) is 6.02. The molecule has 3 rings (SSSR count). The van der Waals surface area contributed by atoms with Gasteiger partial charge in [-0.25, -0.2) is 4.98 Å². The molecule has 1 aliphatic rings. The van der Waals surface area contributed by atoms with Gasteiger partial charge >= 0.3 is 6.18 Å². The summed E-state index contributed by atoms with van der Waals surface area (Å²) in [7, 11) is 0. The maximum absolute atomic E-state index is 12.7. The fraction of sp³-hybridized carbons (Fsp3) is 0.333. The Morgan fingerprint density at radius 2 is 1.83 bits per heavy atom. The lowest BCUT2D eigenvalue weighted by Gasteiger charge is -2.22. The summed E-state index contributed by atoms with van der Waals surface area (Å²) in [5.74, 6) is -0.180. The van der Waals surface area contributed by atoms with Crippen LogP contribution >= 0.6 is 0 Å². The van der Waals surface area contributed by atoms with Crippen LogP contribution in [0.2, 0.25) is 0 Å². The average molecular weight is 334 g/mol. The number of pyridine rings is 1. The van der Waals surface area contributed by atoms with Crippen molar-refractivity contribution in [2.45, 2.75) is 38.5 Å². The Hall–Kier alpha value is -2.37. The number of hydrogen-bond acceptors (Lipinski definition) is 2.